The average molecular weight is 506 g/mol. The molecule has 37 heavy (non-hydrogen) atoms. The third-order valence-corrected chi connectivity index (χ3v) is 5.80. The molecule has 9 heteroatoms. The number of phenolic OH excluding ortho intramolecular Hbond substituents is 1. The van der Waals surface area contributed by atoms with Crippen LogP contribution in [0, 0.1) is 13.8 Å². The number of pyridine rings is 1. The number of hydrogen-bond donors (Lipinski definition) is 6. The first kappa shape index (κ1) is 27.6. The quantitative estimate of drug-likeness (QED) is 0.231. The Kier molecular flexibility index (Phi) is 8.86. The summed E-state index contributed by atoms with van der Waals surface area (Å²) in [6.45, 7) is 8.16. The lowest BCUT2D eigenvalue weighted by Gasteiger charge is -2.28. The van der Waals surface area contributed by atoms with Crippen molar-refractivity contribution in [2.45, 2.75) is 52.2 Å². The fourth-order valence-corrected chi connectivity index (χ4v) is 4.18. The zero-order valence-corrected chi connectivity index (χ0v) is 21.6. The molecule has 0 saturated heterocycles. The van der Waals surface area contributed by atoms with Gasteiger partial charge in [0.05, 0.1) is 18.2 Å². The van der Waals surface area contributed by atoms with Gasteiger partial charge >= 0.3 is 6.03 Å². The summed E-state index contributed by atoms with van der Waals surface area (Å²) in [6, 6.07) is 15.3. The van der Waals surface area contributed by atoms with Crippen LogP contribution < -0.4 is 21.7 Å². The number of carbonyl (C=O) groups excluding carboxylic acids is 2. The molecule has 3 aromatic rings. The Balaban J connectivity index is 1.58. The maximum atomic E-state index is 12.6. The molecule has 9 nitrogen and oxygen atoms in total. The number of β-amino-alcohol motifs (C(OH)–C–C–N with tert-alkyl or cyclic N) is 1. The van der Waals surface area contributed by atoms with E-state index in [-0.39, 0.29) is 35.8 Å². The van der Waals surface area contributed by atoms with Crippen LogP contribution in [0.5, 0.6) is 5.75 Å². The van der Waals surface area contributed by atoms with E-state index in [1.165, 1.54) is 12.1 Å². The van der Waals surface area contributed by atoms with E-state index in [4.69, 9.17) is 5.73 Å². The maximum Gasteiger partial charge on any atom is 0.316 e. The SMILES string of the molecule is Cc1cc(C)nc(NC(=O)Cc2cccc(CC(C)(C)NCC(O)c3ccc(O)c(NC(N)=O)c3)c2)c1. The zero-order valence-electron chi connectivity index (χ0n) is 21.6. The number of rotatable bonds is 10. The number of hydrogen-bond acceptors (Lipinski definition) is 6. The molecule has 3 rings (SSSR count). The molecule has 0 aliphatic rings. The number of aryl methyl sites for hydroxylation is 2. The van der Waals surface area contributed by atoms with Crippen LogP contribution in [0.1, 0.15) is 47.9 Å². The van der Waals surface area contributed by atoms with Crippen molar-refractivity contribution in [1.29, 1.82) is 0 Å². The molecule has 1 aromatic heterocycles. The second kappa shape index (κ2) is 11.9. The first-order valence-electron chi connectivity index (χ1n) is 12.1. The smallest absolute Gasteiger partial charge is 0.316 e. The van der Waals surface area contributed by atoms with E-state index >= 15 is 0 Å². The van der Waals surface area contributed by atoms with Crippen molar-refractivity contribution >= 4 is 23.4 Å². The molecule has 1 heterocycles. The van der Waals surface area contributed by atoms with Crippen LogP contribution >= 0.6 is 0 Å². The van der Waals surface area contributed by atoms with Gasteiger partial charge in [-0.2, -0.15) is 0 Å². The first-order chi connectivity index (χ1) is 17.4. The predicted octanol–water partition coefficient (Wildman–Crippen LogP) is 3.72. The Hall–Kier alpha value is -3.95. The molecule has 7 N–H and O–H groups in total. The largest absolute Gasteiger partial charge is 0.506 e. The van der Waals surface area contributed by atoms with Gasteiger partial charge in [-0.05, 0) is 80.6 Å². The molecular formula is C28H35N5O4. The van der Waals surface area contributed by atoms with Crippen LogP contribution in [0.15, 0.2) is 54.6 Å². The van der Waals surface area contributed by atoms with Crippen molar-refractivity contribution in [2.24, 2.45) is 5.73 Å². The summed E-state index contributed by atoms with van der Waals surface area (Å²) in [7, 11) is 0. The third kappa shape index (κ3) is 8.59. The number of phenols is 1. The molecule has 0 aliphatic carbocycles. The fourth-order valence-electron chi connectivity index (χ4n) is 4.18. The standard InChI is InChI=1S/C28H35N5O4/c1-17-10-18(2)31-25(11-17)33-26(36)13-19-6-5-7-20(12-19)15-28(3,4)30-16-24(35)21-8-9-23(34)22(14-21)32-27(29)37/h5-12,14,24,30,34-35H,13,15-16H2,1-4H3,(H3,29,32,37)(H,31,33,36). The Morgan fingerprint density at radius 1 is 1.03 bits per heavy atom. The number of amides is 3. The van der Waals surface area contributed by atoms with Gasteiger partial charge in [-0.15, -0.1) is 0 Å². The number of carbonyl (C=O) groups is 2. The van der Waals surface area contributed by atoms with Gasteiger partial charge in [0, 0.05) is 17.8 Å². The summed E-state index contributed by atoms with van der Waals surface area (Å²) in [6.07, 6.45) is 0.0253. The summed E-state index contributed by atoms with van der Waals surface area (Å²) in [4.78, 5) is 28.1. The summed E-state index contributed by atoms with van der Waals surface area (Å²) in [5.41, 5.74) is 9.27. The molecule has 196 valence electrons. The summed E-state index contributed by atoms with van der Waals surface area (Å²) in [5, 5.41) is 29.1. The molecule has 0 spiro atoms. The van der Waals surface area contributed by atoms with Crippen molar-refractivity contribution in [3.63, 3.8) is 0 Å². The van der Waals surface area contributed by atoms with Crippen molar-refractivity contribution < 1.29 is 19.8 Å². The summed E-state index contributed by atoms with van der Waals surface area (Å²) >= 11 is 0. The number of nitrogens with two attached hydrogens (primary N) is 1. The number of aliphatic hydroxyl groups excluding tert-OH is 1. The lowest BCUT2D eigenvalue weighted by Crippen LogP contribution is -2.43. The highest BCUT2D eigenvalue weighted by atomic mass is 16.3. The number of aromatic nitrogens is 1. The van der Waals surface area contributed by atoms with Gasteiger partial charge in [0.2, 0.25) is 5.91 Å². The topological polar surface area (TPSA) is 150 Å². The van der Waals surface area contributed by atoms with E-state index in [0.29, 0.717) is 17.8 Å². The second-order valence-electron chi connectivity index (χ2n) is 9.94. The molecule has 3 amide bonds. The number of aromatic hydroxyl groups is 1. The number of benzene rings is 2. The molecule has 0 radical (unpaired) electrons. The van der Waals surface area contributed by atoms with Gasteiger partial charge < -0.3 is 31.9 Å². The molecular weight excluding hydrogens is 470 g/mol. The minimum atomic E-state index is -0.873. The second-order valence-corrected chi connectivity index (χ2v) is 9.94. The minimum absolute atomic E-state index is 0.130. The van der Waals surface area contributed by atoms with E-state index in [9.17, 15) is 19.8 Å². The number of anilines is 2. The maximum absolute atomic E-state index is 12.6. The van der Waals surface area contributed by atoms with E-state index in [1.807, 2.05) is 64.1 Å². The van der Waals surface area contributed by atoms with Gasteiger partial charge in [0.15, 0.2) is 0 Å². The van der Waals surface area contributed by atoms with Gasteiger partial charge in [0.1, 0.15) is 11.6 Å². The van der Waals surface area contributed by atoms with Gasteiger partial charge in [-0.25, -0.2) is 9.78 Å². The Bertz CT molecular complexity index is 1250. The molecule has 2 aromatic carbocycles. The molecule has 0 bridgehead atoms. The molecule has 0 fully saturated rings. The molecule has 1 atom stereocenters. The first-order valence-corrected chi connectivity index (χ1v) is 12.1. The van der Waals surface area contributed by atoms with Crippen LogP contribution in [0.25, 0.3) is 0 Å². The van der Waals surface area contributed by atoms with Crippen LogP contribution in [0.4, 0.5) is 16.3 Å². The van der Waals surface area contributed by atoms with E-state index in [2.05, 4.69) is 20.9 Å². The van der Waals surface area contributed by atoms with E-state index in [0.717, 1.165) is 22.4 Å². The highest BCUT2D eigenvalue weighted by Gasteiger charge is 2.21. The predicted molar refractivity (Wildman–Crippen MR) is 145 cm³/mol. The van der Waals surface area contributed by atoms with Crippen LogP contribution in [0.3, 0.4) is 0 Å². The number of nitrogens with zero attached hydrogens (tertiary/aromatic N) is 1. The Morgan fingerprint density at radius 3 is 2.46 bits per heavy atom. The summed E-state index contributed by atoms with van der Waals surface area (Å²) < 4.78 is 0. The van der Waals surface area contributed by atoms with Crippen LogP contribution in [0.2, 0.25) is 0 Å². The zero-order chi connectivity index (χ0) is 27.2. The highest BCUT2D eigenvalue weighted by Crippen LogP contribution is 2.27. The van der Waals surface area contributed by atoms with Gasteiger partial charge in [0.25, 0.3) is 0 Å². The van der Waals surface area contributed by atoms with Crippen molar-refractivity contribution in [2.75, 3.05) is 17.2 Å². The van der Waals surface area contributed by atoms with E-state index < -0.39 is 12.1 Å². The molecule has 0 aliphatic heterocycles. The van der Waals surface area contributed by atoms with E-state index in [1.54, 1.807) is 6.07 Å². The van der Waals surface area contributed by atoms with Crippen LogP contribution in [-0.4, -0.2) is 39.2 Å². The number of aliphatic hydroxyl groups is 1. The number of primary amides is 1. The summed E-state index contributed by atoms with van der Waals surface area (Å²) in [5.74, 6) is 0.282. The minimum Gasteiger partial charge on any atom is -0.506 e. The van der Waals surface area contributed by atoms with Crippen LogP contribution in [-0.2, 0) is 17.6 Å². The number of nitrogens with one attached hydrogen (secondary N) is 3. The van der Waals surface area contributed by atoms with Crippen molar-refractivity contribution in [3.8, 4) is 5.75 Å². The molecule has 1 unspecified atom stereocenters. The fraction of sp³-hybridized carbons (Fsp3) is 0.321. The Morgan fingerprint density at radius 2 is 1.76 bits per heavy atom. The van der Waals surface area contributed by atoms with Gasteiger partial charge in [-0.3, -0.25) is 4.79 Å². The average Bonchev–Trinajstić information content (AvgIpc) is 2.78. The lowest BCUT2D eigenvalue weighted by molar-refractivity contribution is -0.115. The number of urea groups is 1. The highest BCUT2D eigenvalue weighted by molar-refractivity contribution is 5.91. The lowest BCUT2D eigenvalue weighted by atomic mass is 9.93. The van der Waals surface area contributed by atoms with Crippen molar-refractivity contribution in [1.82, 2.24) is 10.3 Å². The van der Waals surface area contributed by atoms with Crippen molar-refractivity contribution in [3.05, 3.63) is 82.5 Å². The normalized spacial score (nSPS) is 12.1. The monoisotopic (exact) mass is 505 g/mol. The van der Waals surface area contributed by atoms with Gasteiger partial charge in [-0.1, -0.05) is 30.3 Å². The molecule has 0 saturated carbocycles. The third-order valence-electron chi connectivity index (χ3n) is 5.80. The Labute approximate surface area is 217 Å².